The maximum atomic E-state index is 13.2. The van der Waals surface area contributed by atoms with E-state index in [1.54, 1.807) is 11.8 Å². The van der Waals surface area contributed by atoms with Gasteiger partial charge in [-0.25, -0.2) is 4.79 Å². The minimum absolute atomic E-state index is 0.0123. The van der Waals surface area contributed by atoms with Gasteiger partial charge in [0.1, 0.15) is 12.6 Å². The fourth-order valence-electron chi connectivity index (χ4n) is 7.06. The molecule has 298 valence electrons. The Bertz CT molecular complexity index is 2220. The van der Waals surface area contributed by atoms with Crippen LogP contribution in [0.3, 0.4) is 0 Å². The number of alkyl carbamates (subject to hydrolysis) is 1. The number of hydrogen-bond acceptors (Lipinski definition) is 9. The zero-order chi connectivity index (χ0) is 40.6. The van der Waals surface area contributed by atoms with Gasteiger partial charge in [-0.05, 0) is 63.7 Å². The number of anilines is 1. The minimum atomic E-state index is -0.987. The van der Waals surface area contributed by atoms with Crippen LogP contribution in [-0.4, -0.2) is 51.7 Å². The van der Waals surface area contributed by atoms with Gasteiger partial charge in [0.15, 0.2) is 6.29 Å². The molecule has 58 heavy (non-hydrogen) atoms. The van der Waals surface area contributed by atoms with Crippen molar-refractivity contribution < 1.29 is 38.5 Å². The average Bonchev–Trinajstić information content (AvgIpc) is 3.50. The van der Waals surface area contributed by atoms with Gasteiger partial charge < -0.3 is 30.0 Å². The summed E-state index contributed by atoms with van der Waals surface area (Å²) in [6.07, 6.45) is -1.96. The Morgan fingerprint density at radius 2 is 1.52 bits per heavy atom. The van der Waals surface area contributed by atoms with E-state index in [0.29, 0.717) is 5.75 Å². The normalized spacial score (nSPS) is 20.5. The van der Waals surface area contributed by atoms with Crippen LogP contribution >= 0.6 is 11.8 Å². The van der Waals surface area contributed by atoms with E-state index in [1.165, 1.54) is 11.8 Å². The van der Waals surface area contributed by atoms with Crippen LogP contribution in [0.4, 0.5) is 10.5 Å². The predicted octanol–water partition coefficient (Wildman–Crippen LogP) is 7.94. The zero-order valence-electron chi connectivity index (χ0n) is 32.2. The molecule has 11 nitrogen and oxygen atoms in total. The lowest BCUT2D eigenvalue weighted by Gasteiger charge is -2.41. The molecule has 7 rings (SSSR count). The van der Waals surface area contributed by atoms with Crippen molar-refractivity contribution >= 4 is 41.3 Å². The first-order valence-electron chi connectivity index (χ1n) is 19.2. The minimum Gasteiger partial charge on any atom is -0.445 e. The molecule has 0 spiro atoms. The summed E-state index contributed by atoms with van der Waals surface area (Å²) in [5.74, 6) is -0.272. The number of benzene rings is 5. The highest BCUT2D eigenvalue weighted by Gasteiger charge is 2.40. The monoisotopic (exact) mass is 799 g/mol. The number of carbonyl (C=O) groups excluding carboxylic acids is 4. The summed E-state index contributed by atoms with van der Waals surface area (Å²) in [6, 6.07) is 39.4. The van der Waals surface area contributed by atoms with Gasteiger partial charge in [-0.3, -0.25) is 19.3 Å². The molecule has 0 saturated carbocycles. The third-order valence-corrected chi connectivity index (χ3v) is 11.3. The molecule has 5 aromatic carbocycles. The van der Waals surface area contributed by atoms with Crippen molar-refractivity contribution in [1.82, 2.24) is 10.2 Å². The summed E-state index contributed by atoms with van der Waals surface area (Å²) in [5.41, 5.74) is 6.84. The number of carbonyl (C=O) groups is 4. The first-order chi connectivity index (χ1) is 28.1. The number of hydrogen-bond donors (Lipinski definition) is 3. The van der Waals surface area contributed by atoms with E-state index in [0.717, 1.165) is 49.5 Å². The molecule has 0 radical (unpaired) electrons. The van der Waals surface area contributed by atoms with Gasteiger partial charge in [0.25, 0.3) is 5.91 Å². The van der Waals surface area contributed by atoms with Crippen molar-refractivity contribution in [2.24, 2.45) is 5.92 Å². The number of imide groups is 1. The Balaban J connectivity index is 1.01. The number of nitrogens with one attached hydrogen (secondary N) is 2. The van der Waals surface area contributed by atoms with Gasteiger partial charge in [-0.2, -0.15) is 0 Å². The van der Waals surface area contributed by atoms with Gasteiger partial charge in [0, 0.05) is 34.7 Å². The number of ether oxygens (including phenoxy) is 3. The average molecular weight is 800 g/mol. The Morgan fingerprint density at radius 1 is 0.810 bits per heavy atom. The predicted molar refractivity (Wildman–Crippen MR) is 220 cm³/mol. The molecule has 4 amide bonds. The summed E-state index contributed by atoms with van der Waals surface area (Å²) in [7, 11) is 0. The Morgan fingerprint density at radius 3 is 2.22 bits per heavy atom. The highest BCUT2D eigenvalue weighted by Crippen LogP contribution is 2.43. The molecule has 2 aliphatic heterocycles. The summed E-state index contributed by atoms with van der Waals surface area (Å²) in [4.78, 5) is 52.2. The molecule has 0 aromatic heterocycles. The van der Waals surface area contributed by atoms with E-state index in [2.05, 4.69) is 17.6 Å². The summed E-state index contributed by atoms with van der Waals surface area (Å²) < 4.78 is 18.6. The molecule has 2 heterocycles. The van der Waals surface area contributed by atoms with Crippen molar-refractivity contribution in [2.45, 2.75) is 69.5 Å². The molecule has 12 heteroatoms. The molecule has 3 N–H and O–H groups in total. The van der Waals surface area contributed by atoms with Crippen LogP contribution in [0.5, 0.6) is 0 Å². The second-order valence-corrected chi connectivity index (χ2v) is 15.5. The van der Waals surface area contributed by atoms with Crippen molar-refractivity contribution in [2.75, 3.05) is 11.1 Å². The first kappa shape index (κ1) is 40.4. The van der Waals surface area contributed by atoms with Gasteiger partial charge in [-0.1, -0.05) is 104 Å². The van der Waals surface area contributed by atoms with Crippen LogP contribution in [0.15, 0.2) is 132 Å². The molecular formula is C46H45N3O8S. The first-order valence-corrected chi connectivity index (χ1v) is 20.1. The van der Waals surface area contributed by atoms with E-state index in [-0.39, 0.29) is 56.1 Å². The molecule has 5 aromatic rings. The Hall–Kier alpha value is -5.79. The van der Waals surface area contributed by atoms with Crippen molar-refractivity contribution in [3.05, 3.63) is 155 Å². The van der Waals surface area contributed by atoms with E-state index in [4.69, 9.17) is 14.2 Å². The van der Waals surface area contributed by atoms with Gasteiger partial charge in [0.05, 0.1) is 31.8 Å². The maximum Gasteiger partial charge on any atom is 0.408 e. The molecular weight excluding hydrogens is 755 g/mol. The third-order valence-electron chi connectivity index (χ3n) is 10.2. The van der Waals surface area contributed by atoms with Crippen molar-refractivity contribution in [1.29, 1.82) is 0 Å². The maximum absolute atomic E-state index is 13.2. The Labute approximate surface area is 341 Å². The number of amides is 4. The fraction of sp³-hybridized carbons (Fsp3) is 0.261. The zero-order valence-corrected chi connectivity index (χ0v) is 33.0. The molecule has 1 unspecified atom stereocenters. The molecule has 0 bridgehead atoms. The lowest BCUT2D eigenvalue weighted by Crippen LogP contribution is -2.41. The van der Waals surface area contributed by atoms with Crippen molar-refractivity contribution in [3.8, 4) is 11.1 Å². The lowest BCUT2D eigenvalue weighted by molar-refractivity contribution is -0.268. The van der Waals surface area contributed by atoms with Crippen LogP contribution in [0.25, 0.3) is 11.1 Å². The SMILES string of the molecule is CC(=O)Nc1ccc(SC[C@@H]2O[C@H](c3ccc(-c4cccc(CN5C(=O)CC(NC(=O)OCc6ccccc6)C5=O)c4)cc3)O[C@H](c3ccc(CO)cc3)[C@@H]2C)cc1. The van der Waals surface area contributed by atoms with E-state index >= 15 is 0 Å². The standard InChI is InChI=1S/C46H45N3O8S/c1-29-41(28-58-39-21-19-38(20-22-39)47-30(2)51)56-45(57-43(29)35-13-11-31(26-50)12-14-35)36-17-15-34(16-18-36)37-10-6-9-33(23-37)25-49-42(52)24-40(44(49)53)48-46(54)55-27-32-7-4-3-5-8-32/h3-23,29,40-41,43,45,50H,24-28H2,1-2H3,(H,47,51)(H,48,54)/t29-,40?,41+,43+,45+/m1/s1. The number of thioether (sulfide) groups is 1. The number of aliphatic hydroxyl groups is 1. The highest BCUT2D eigenvalue weighted by molar-refractivity contribution is 7.99. The summed E-state index contributed by atoms with van der Waals surface area (Å²) in [6.45, 7) is 3.70. The quantitative estimate of drug-likeness (QED) is 0.0799. The van der Waals surface area contributed by atoms with Crippen LogP contribution < -0.4 is 10.6 Å². The van der Waals surface area contributed by atoms with E-state index < -0.39 is 24.3 Å². The molecule has 5 atom stereocenters. The smallest absolute Gasteiger partial charge is 0.408 e. The second-order valence-electron chi connectivity index (χ2n) is 14.4. The highest BCUT2D eigenvalue weighted by atomic mass is 32.2. The molecule has 2 saturated heterocycles. The lowest BCUT2D eigenvalue weighted by atomic mass is 9.91. The van der Waals surface area contributed by atoms with E-state index in [9.17, 15) is 24.3 Å². The largest absolute Gasteiger partial charge is 0.445 e. The number of aliphatic hydroxyl groups excluding tert-OH is 1. The fourth-order valence-corrected chi connectivity index (χ4v) is 8.13. The molecule has 2 aliphatic rings. The second kappa shape index (κ2) is 18.6. The number of likely N-dealkylation sites (tertiary alicyclic amines) is 1. The van der Waals surface area contributed by atoms with Crippen LogP contribution in [0.1, 0.15) is 60.5 Å². The van der Waals surface area contributed by atoms with Crippen LogP contribution in [0.2, 0.25) is 0 Å². The summed E-state index contributed by atoms with van der Waals surface area (Å²) in [5, 5.41) is 15.0. The van der Waals surface area contributed by atoms with Crippen LogP contribution in [-0.2, 0) is 48.4 Å². The molecule has 0 aliphatic carbocycles. The number of nitrogens with zero attached hydrogens (tertiary/aromatic N) is 1. The third kappa shape index (κ3) is 10.0. The van der Waals surface area contributed by atoms with Gasteiger partial charge >= 0.3 is 6.09 Å². The van der Waals surface area contributed by atoms with Crippen LogP contribution in [0, 0.1) is 5.92 Å². The Kier molecular flexibility index (Phi) is 13.0. The van der Waals surface area contributed by atoms with Crippen molar-refractivity contribution in [3.63, 3.8) is 0 Å². The van der Waals surface area contributed by atoms with E-state index in [1.807, 2.05) is 127 Å². The molecule has 2 fully saturated rings. The van der Waals surface area contributed by atoms with Gasteiger partial charge in [-0.15, -0.1) is 11.8 Å². The summed E-state index contributed by atoms with van der Waals surface area (Å²) >= 11 is 1.68. The number of rotatable bonds is 13. The van der Waals surface area contributed by atoms with Gasteiger partial charge in [0.2, 0.25) is 11.8 Å². The topological polar surface area (TPSA) is 144 Å².